The fraction of sp³-hybridized carbons (Fsp3) is 0.286. The quantitative estimate of drug-likeness (QED) is 0.878. The van der Waals surface area contributed by atoms with Crippen LogP contribution in [0.4, 0.5) is 5.82 Å². The Bertz CT molecular complexity index is 596. The van der Waals surface area contributed by atoms with Crippen LogP contribution in [0.15, 0.2) is 30.3 Å². The number of benzene rings is 1. The summed E-state index contributed by atoms with van der Waals surface area (Å²) >= 11 is 5.89. The van der Waals surface area contributed by atoms with E-state index in [0.29, 0.717) is 17.5 Å². The largest absolute Gasteiger partial charge is 0.488 e. The predicted molar refractivity (Wildman–Crippen MR) is 76.6 cm³/mol. The van der Waals surface area contributed by atoms with E-state index in [-0.39, 0.29) is 12.1 Å². The monoisotopic (exact) mass is 291 g/mol. The minimum absolute atomic E-state index is 0.0899. The van der Waals surface area contributed by atoms with Crippen LogP contribution >= 0.6 is 11.6 Å². The molecule has 0 aliphatic carbocycles. The van der Waals surface area contributed by atoms with Gasteiger partial charge in [0.15, 0.2) is 0 Å². The van der Waals surface area contributed by atoms with Crippen molar-refractivity contribution in [3.8, 4) is 11.8 Å². The van der Waals surface area contributed by atoms with Gasteiger partial charge in [-0.05, 0) is 11.6 Å². The second kappa shape index (κ2) is 5.54. The Morgan fingerprint density at radius 2 is 2.25 bits per heavy atom. The van der Waals surface area contributed by atoms with Crippen LogP contribution in [-0.2, 0) is 6.42 Å². The first-order valence-corrected chi connectivity index (χ1v) is 6.69. The fourth-order valence-corrected chi connectivity index (χ4v) is 2.34. The highest BCUT2D eigenvalue weighted by atomic mass is 35.5. The molecule has 1 N–H and O–H groups in total. The minimum atomic E-state index is 0.0899. The van der Waals surface area contributed by atoms with Gasteiger partial charge in [0.1, 0.15) is 22.8 Å². The minimum Gasteiger partial charge on any atom is -0.488 e. The molecule has 0 bridgehead atoms. The third-order valence-electron chi connectivity index (χ3n) is 3.08. The first-order valence-electron chi connectivity index (χ1n) is 6.31. The molecule has 0 spiro atoms. The van der Waals surface area contributed by atoms with E-state index in [1.54, 1.807) is 6.07 Å². The zero-order valence-corrected chi connectivity index (χ0v) is 11.7. The number of ether oxygens (including phenoxy) is 2. The van der Waals surface area contributed by atoms with Crippen LogP contribution in [0, 0.1) is 0 Å². The van der Waals surface area contributed by atoms with Gasteiger partial charge in [-0.2, -0.15) is 9.97 Å². The zero-order chi connectivity index (χ0) is 13.9. The number of anilines is 1. The molecule has 5 nitrogen and oxygen atoms in total. The standard InChI is InChI=1S/C14H14ClN3O2/c1-19-14-17-12(15)7-13(18-14)16-8-10-6-9-4-2-3-5-11(9)20-10/h2-5,7,10H,6,8H2,1H3,(H,16,17,18). The summed E-state index contributed by atoms with van der Waals surface area (Å²) in [7, 11) is 1.51. The van der Waals surface area contributed by atoms with E-state index in [9.17, 15) is 0 Å². The number of fused-ring (bicyclic) bond motifs is 1. The second-order valence-corrected chi connectivity index (χ2v) is 4.88. The van der Waals surface area contributed by atoms with Crippen molar-refractivity contribution >= 4 is 17.4 Å². The maximum atomic E-state index is 5.89. The number of nitrogens with one attached hydrogen (secondary N) is 1. The van der Waals surface area contributed by atoms with E-state index < -0.39 is 0 Å². The van der Waals surface area contributed by atoms with Crippen molar-refractivity contribution in [2.24, 2.45) is 0 Å². The Kier molecular flexibility index (Phi) is 3.60. The Balaban J connectivity index is 1.63. The number of hydrogen-bond acceptors (Lipinski definition) is 5. The van der Waals surface area contributed by atoms with Gasteiger partial charge in [-0.15, -0.1) is 0 Å². The van der Waals surface area contributed by atoms with Crippen molar-refractivity contribution in [2.45, 2.75) is 12.5 Å². The van der Waals surface area contributed by atoms with E-state index in [2.05, 4.69) is 21.4 Å². The molecule has 0 fully saturated rings. The van der Waals surface area contributed by atoms with Crippen LogP contribution in [0.5, 0.6) is 11.8 Å². The van der Waals surface area contributed by atoms with Gasteiger partial charge in [-0.25, -0.2) is 0 Å². The van der Waals surface area contributed by atoms with Crippen LogP contribution in [-0.4, -0.2) is 29.7 Å². The molecule has 1 aromatic heterocycles. The summed E-state index contributed by atoms with van der Waals surface area (Å²) in [5, 5.41) is 3.54. The highest BCUT2D eigenvalue weighted by Crippen LogP contribution is 2.28. The molecule has 2 aromatic rings. The molecule has 0 radical (unpaired) electrons. The third-order valence-corrected chi connectivity index (χ3v) is 3.28. The molecular weight excluding hydrogens is 278 g/mol. The molecule has 1 atom stereocenters. The van der Waals surface area contributed by atoms with Gasteiger partial charge in [0.25, 0.3) is 0 Å². The zero-order valence-electron chi connectivity index (χ0n) is 11.0. The number of nitrogens with zero attached hydrogens (tertiary/aromatic N) is 2. The van der Waals surface area contributed by atoms with Crippen molar-refractivity contribution in [1.82, 2.24) is 9.97 Å². The van der Waals surface area contributed by atoms with Crippen LogP contribution in [0.2, 0.25) is 5.15 Å². The average molecular weight is 292 g/mol. The summed E-state index contributed by atoms with van der Waals surface area (Å²) in [4.78, 5) is 8.10. The summed E-state index contributed by atoms with van der Waals surface area (Å²) < 4.78 is 10.8. The number of methoxy groups -OCH3 is 1. The number of para-hydroxylation sites is 1. The lowest BCUT2D eigenvalue weighted by Gasteiger charge is -2.12. The Labute approximate surface area is 121 Å². The molecule has 1 aliphatic heterocycles. The maximum absolute atomic E-state index is 5.89. The topological polar surface area (TPSA) is 56.3 Å². The van der Waals surface area contributed by atoms with Gasteiger partial charge in [-0.1, -0.05) is 29.8 Å². The Hall–Kier alpha value is -2.01. The van der Waals surface area contributed by atoms with E-state index >= 15 is 0 Å². The smallest absolute Gasteiger partial charge is 0.319 e. The normalized spacial score (nSPS) is 16.4. The highest BCUT2D eigenvalue weighted by molar-refractivity contribution is 6.29. The van der Waals surface area contributed by atoms with Crippen molar-refractivity contribution < 1.29 is 9.47 Å². The molecular formula is C14H14ClN3O2. The van der Waals surface area contributed by atoms with E-state index in [1.807, 2.05) is 18.2 Å². The molecule has 3 rings (SSSR count). The van der Waals surface area contributed by atoms with E-state index in [1.165, 1.54) is 12.7 Å². The number of hydrogen-bond donors (Lipinski definition) is 1. The van der Waals surface area contributed by atoms with Gasteiger partial charge >= 0.3 is 6.01 Å². The lowest BCUT2D eigenvalue weighted by Crippen LogP contribution is -2.24. The van der Waals surface area contributed by atoms with Crippen LogP contribution in [0.1, 0.15) is 5.56 Å². The van der Waals surface area contributed by atoms with Crippen LogP contribution in [0.3, 0.4) is 0 Å². The first-order chi connectivity index (χ1) is 9.74. The second-order valence-electron chi connectivity index (χ2n) is 4.50. The molecule has 0 saturated heterocycles. The van der Waals surface area contributed by atoms with Gasteiger partial charge in [0, 0.05) is 12.5 Å². The van der Waals surface area contributed by atoms with Gasteiger partial charge in [-0.3, -0.25) is 0 Å². The number of halogens is 1. The molecule has 0 amide bonds. The summed E-state index contributed by atoms with van der Waals surface area (Å²) in [5.74, 6) is 1.58. The molecule has 0 saturated carbocycles. The number of rotatable bonds is 4. The lowest BCUT2D eigenvalue weighted by molar-refractivity contribution is 0.246. The van der Waals surface area contributed by atoms with E-state index in [4.69, 9.17) is 21.1 Å². The summed E-state index contributed by atoms with van der Waals surface area (Å²) in [5.41, 5.74) is 1.23. The summed E-state index contributed by atoms with van der Waals surface area (Å²) in [6.45, 7) is 0.644. The summed E-state index contributed by atoms with van der Waals surface area (Å²) in [6.07, 6.45) is 0.978. The van der Waals surface area contributed by atoms with E-state index in [0.717, 1.165) is 12.2 Å². The Morgan fingerprint density at radius 1 is 1.40 bits per heavy atom. The van der Waals surface area contributed by atoms with Crippen LogP contribution < -0.4 is 14.8 Å². The maximum Gasteiger partial charge on any atom is 0.319 e. The Morgan fingerprint density at radius 3 is 3.05 bits per heavy atom. The highest BCUT2D eigenvalue weighted by Gasteiger charge is 2.22. The van der Waals surface area contributed by atoms with Crippen molar-refractivity contribution in [1.29, 1.82) is 0 Å². The SMILES string of the molecule is COc1nc(Cl)cc(NCC2Cc3ccccc3O2)n1. The van der Waals surface area contributed by atoms with Crippen molar-refractivity contribution in [3.05, 3.63) is 41.0 Å². The van der Waals surface area contributed by atoms with Crippen molar-refractivity contribution in [2.75, 3.05) is 19.0 Å². The predicted octanol–water partition coefficient (Wildman–Crippen LogP) is 2.55. The molecule has 20 heavy (non-hydrogen) atoms. The average Bonchev–Trinajstić information content (AvgIpc) is 2.87. The van der Waals surface area contributed by atoms with Gasteiger partial charge in [0.2, 0.25) is 0 Å². The van der Waals surface area contributed by atoms with Crippen molar-refractivity contribution in [3.63, 3.8) is 0 Å². The molecule has 1 unspecified atom stereocenters. The fourth-order valence-electron chi connectivity index (χ4n) is 2.16. The molecule has 104 valence electrons. The van der Waals surface area contributed by atoms with Gasteiger partial charge in [0.05, 0.1) is 13.7 Å². The summed E-state index contributed by atoms with van der Waals surface area (Å²) in [6, 6.07) is 9.97. The lowest BCUT2D eigenvalue weighted by atomic mass is 10.1. The number of aromatic nitrogens is 2. The first kappa shape index (κ1) is 13.0. The molecule has 1 aliphatic rings. The van der Waals surface area contributed by atoms with Gasteiger partial charge < -0.3 is 14.8 Å². The molecule has 1 aromatic carbocycles. The third kappa shape index (κ3) is 2.77. The van der Waals surface area contributed by atoms with Crippen LogP contribution in [0.25, 0.3) is 0 Å². The molecule has 2 heterocycles. The molecule has 6 heteroatoms.